The van der Waals surface area contributed by atoms with E-state index in [1.54, 1.807) is 7.11 Å². The lowest BCUT2D eigenvalue weighted by molar-refractivity contribution is 0.199. The van der Waals surface area contributed by atoms with Gasteiger partial charge in [-0.25, -0.2) is 0 Å². The third kappa shape index (κ3) is 4.87. The van der Waals surface area contributed by atoms with E-state index in [-0.39, 0.29) is 0 Å². The third-order valence-corrected chi connectivity index (χ3v) is 4.45. The van der Waals surface area contributed by atoms with Crippen molar-refractivity contribution >= 4 is 17.3 Å². The minimum absolute atomic E-state index is 0.735. The van der Waals surface area contributed by atoms with Gasteiger partial charge in [-0.15, -0.1) is 0 Å². The molecule has 0 saturated carbocycles. The number of hydrogen-bond donors (Lipinski definition) is 1. The Balaban J connectivity index is 1.90. The zero-order chi connectivity index (χ0) is 15.1. The average molecular weight is 311 g/mol. The maximum absolute atomic E-state index is 6.48. The summed E-state index contributed by atoms with van der Waals surface area (Å²) in [6.07, 6.45) is 3.90. The van der Waals surface area contributed by atoms with Gasteiger partial charge in [0.25, 0.3) is 0 Å². The highest BCUT2D eigenvalue weighted by Gasteiger charge is 2.23. The van der Waals surface area contributed by atoms with Gasteiger partial charge in [-0.05, 0) is 36.5 Å². The highest BCUT2D eigenvalue weighted by atomic mass is 35.5. The van der Waals surface area contributed by atoms with Gasteiger partial charge in [0, 0.05) is 33.3 Å². The molecule has 1 aliphatic rings. The van der Waals surface area contributed by atoms with E-state index in [2.05, 4.69) is 35.3 Å². The summed E-state index contributed by atoms with van der Waals surface area (Å²) in [5.41, 5.74) is 2.42. The molecular formula is C17H27ClN2O. The molecule has 4 heteroatoms. The number of anilines is 1. The van der Waals surface area contributed by atoms with Crippen LogP contribution in [0, 0.1) is 5.92 Å². The molecular weight excluding hydrogens is 284 g/mol. The number of benzene rings is 1. The van der Waals surface area contributed by atoms with Crippen molar-refractivity contribution in [3.63, 3.8) is 0 Å². The first-order chi connectivity index (χ1) is 10.2. The second kappa shape index (κ2) is 8.62. The molecule has 3 nitrogen and oxygen atoms in total. The molecule has 1 fully saturated rings. The van der Waals surface area contributed by atoms with Gasteiger partial charge in [-0.2, -0.15) is 0 Å². The number of hydrogen-bond acceptors (Lipinski definition) is 3. The number of nitrogens with zero attached hydrogens (tertiary/aromatic N) is 1. The van der Waals surface area contributed by atoms with Crippen molar-refractivity contribution in [1.82, 2.24) is 5.32 Å². The molecule has 118 valence electrons. The summed E-state index contributed by atoms with van der Waals surface area (Å²) in [7, 11) is 1.72. The van der Waals surface area contributed by atoms with Crippen LogP contribution in [0.2, 0.25) is 5.02 Å². The number of nitrogens with one attached hydrogen (secondary N) is 1. The third-order valence-electron chi connectivity index (χ3n) is 4.15. The van der Waals surface area contributed by atoms with E-state index in [9.17, 15) is 0 Å². The molecule has 2 rings (SSSR count). The number of methoxy groups -OCH3 is 1. The Hall–Kier alpha value is -0.770. The lowest BCUT2D eigenvalue weighted by atomic mass is 10.0. The highest BCUT2D eigenvalue weighted by molar-refractivity contribution is 6.33. The van der Waals surface area contributed by atoms with E-state index in [1.165, 1.54) is 30.5 Å². The molecule has 1 N–H and O–H groups in total. The lowest BCUT2D eigenvalue weighted by Crippen LogP contribution is -2.21. The van der Waals surface area contributed by atoms with E-state index >= 15 is 0 Å². The van der Waals surface area contributed by atoms with Crippen LogP contribution in [0.1, 0.15) is 31.7 Å². The van der Waals surface area contributed by atoms with Crippen molar-refractivity contribution in [3.05, 3.63) is 28.8 Å². The van der Waals surface area contributed by atoms with Crippen LogP contribution in [0.15, 0.2) is 18.2 Å². The molecule has 0 aromatic heterocycles. The topological polar surface area (TPSA) is 24.5 Å². The van der Waals surface area contributed by atoms with Gasteiger partial charge in [0.2, 0.25) is 0 Å². The summed E-state index contributed by atoms with van der Waals surface area (Å²) in [5.74, 6) is 0.835. The van der Waals surface area contributed by atoms with Crippen LogP contribution in [-0.4, -0.2) is 33.4 Å². The molecule has 0 amide bonds. The first-order valence-electron chi connectivity index (χ1n) is 7.97. The summed E-state index contributed by atoms with van der Waals surface area (Å²) >= 11 is 6.48. The quantitative estimate of drug-likeness (QED) is 0.741. The second-order valence-corrected chi connectivity index (χ2v) is 6.25. The Morgan fingerprint density at radius 1 is 1.43 bits per heavy atom. The maximum atomic E-state index is 6.48. The fraction of sp³-hybridized carbons (Fsp3) is 0.647. The van der Waals surface area contributed by atoms with Crippen molar-refractivity contribution in [1.29, 1.82) is 0 Å². The normalized spacial score (nSPS) is 18.4. The zero-order valence-electron chi connectivity index (χ0n) is 13.2. The molecule has 1 heterocycles. The highest BCUT2D eigenvalue weighted by Crippen LogP contribution is 2.32. The Morgan fingerprint density at radius 3 is 3.00 bits per heavy atom. The number of ether oxygens (including phenoxy) is 1. The maximum Gasteiger partial charge on any atom is 0.0642 e. The smallest absolute Gasteiger partial charge is 0.0642 e. The number of rotatable bonds is 8. The Kier molecular flexibility index (Phi) is 6.81. The molecule has 1 aliphatic heterocycles. The van der Waals surface area contributed by atoms with Gasteiger partial charge in [0.1, 0.15) is 0 Å². The first-order valence-corrected chi connectivity index (χ1v) is 8.35. The van der Waals surface area contributed by atoms with E-state index < -0.39 is 0 Å². The Labute approximate surface area is 133 Å². The van der Waals surface area contributed by atoms with Gasteiger partial charge in [0.15, 0.2) is 0 Å². The molecule has 0 bridgehead atoms. The van der Waals surface area contributed by atoms with Crippen LogP contribution in [-0.2, 0) is 11.3 Å². The van der Waals surface area contributed by atoms with Crippen molar-refractivity contribution in [2.75, 3.05) is 38.3 Å². The van der Waals surface area contributed by atoms with Crippen molar-refractivity contribution in [3.8, 4) is 0 Å². The SMILES string of the molecule is CCCC1CCN(c2ccc(CNCCOC)cc2Cl)C1. The van der Waals surface area contributed by atoms with Gasteiger partial charge in [-0.3, -0.25) is 0 Å². The van der Waals surface area contributed by atoms with Crippen LogP contribution < -0.4 is 10.2 Å². The van der Waals surface area contributed by atoms with Crippen LogP contribution in [0.25, 0.3) is 0 Å². The van der Waals surface area contributed by atoms with Gasteiger partial charge in [0.05, 0.1) is 17.3 Å². The summed E-state index contributed by atoms with van der Waals surface area (Å²) in [6, 6.07) is 6.43. The summed E-state index contributed by atoms with van der Waals surface area (Å²) in [4.78, 5) is 2.44. The largest absolute Gasteiger partial charge is 0.383 e. The molecule has 1 atom stereocenters. The molecule has 0 radical (unpaired) electrons. The number of halogens is 1. The van der Waals surface area contributed by atoms with Crippen LogP contribution in [0.3, 0.4) is 0 Å². The molecule has 21 heavy (non-hydrogen) atoms. The fourth-order valence-corrected chi connectivity index (χ4v) is 3.34. The standard InChI is InChI=1S/C17H27ClN2O/c1-3-4-14-7-9-20(13-14)17-6-5-15(11-16(17)18)12-19-8-10-21-2/h5-6,11,14,19H,3-4,7-10,12-13H2,1-2H3. The van der Waals surface area contributed by atoms with Crippen molar-refractivity contribution in [2.45, 2.75) is 32.7 Å². The monoisotopic (exact) mass is 310 g/mol. The molecule has 1 unspecified atom stereocenters. The zero-order valence-corrected chi connectivity index (χ0v) is 14.0. The minimum Gasteiger partial charge on any atom is -0.383 e. The molecule has 1 aromatic carbocycles. The van der Waals surface area contributed by atoms with E-state index in [0.29, 0.717) is 0 Å². The van der Waals surface area contributed by atoms with Gasteiger partial charge < -0.3 is 15.0 Å². The van der Waals surface area contributed by atoms with Crippen molar-refractivity contribution in [2.24, 2.45) is 5.92 Å². The van der Waals surface area contributed by atoms with E-state index in [0.717, 1.165) is 43.7 Å². The van der Waals surface area contributed by atoms with E-state index in [4.69, 9.17) is 16.3 Å². The Bertz CT molecular complexity index is 439. The summed E-state index contributed by atoms with van der Waals surface area (Å²) in [6.45, 7) is 6.98. The average Bonchev–Trinajstić information content (AvgIpc) is 2.92. The predicted octanol–water partition coefficient (Wildman–Crippen LogP) is 3.70. The lowest BCUT2D eigenvalue weighted by Gasteiger charge is -2.20. The van der Waals surface area contributed by atoms with Crippen molar-refractivity contribution < 1.29 is 4.74 Å². The first kappa shape index (κ1) is 16.6. The van der Waals surface area contributed by atoms with Gasteiger partial charge >= 0.3 is 0 Å². The summed E-state index contributed by atoms with van der Waals surface area (Å²) < 4.78 is 5.02. The fourth-order valence-electron chi connectivity index (χ4n) is 3.02. The molecule has 1 saturated heterocycles. The predicted molar refractivity (Wildman–Crippen MR) is 90.3 cm³/mol. The Morgan fingerprint density at radius 2 is 2.29 bits per heavy atom. The van der Waals surface area contributed by atoms with Crippen LogP contribution in [0.4, 0.5) is 5.69 Å². The molecule has 0 aliphatic carbocycles. The minimum atomic E-state index is 0.735. The van der Waals surface area contributed by atoms with Crippen LogP contribution in [0.5, 0.6) is 0 Å². The van der Waals surface area contributed by atoms with Crippen LogP contribution >= 0.6 is 11.6 Å². The second-order valence-electron chi connectivity index (χ2n) is 5.84. The summed E-state index contributed by atoms with van der Waals surface area (Å²) in [5, 5.41) is 4.22. The molecule has 1 aromatic rings. The molecule has 0 spiro atoms. The van der Waals surface area contributed by atoms with E-state index in [1.807, 2.05) is 0 Å². The van der Waals surface area contributed by atoms with Gasteiger partial charge in [-0.1, -0.05) is 31.0 Å².